The van der Waals surface area contributed by atoms with Crippen molar-refractivity contribution >= 4 is 34.9 Å². The first-order valence-electron chi connectivity index (χ1n) is 13.8. The van der Waals surface area contributed by atoms with Gasteiger partial charge in [0.25, 0.3) is 5.91 Å². The van der Waals surface area contributed by atoms with Gasteiger partial charge in [0.15, 0.2) is 0 Å². The molecule has 2 aromatic carbocycles. The Kier molecular flexibility index (Phi) is 7.18. The zero-order valence-electron chi connectivity index (χ0n) is 21.8. The molecule has 0 bridgehead atoms. The number of benzene rings is 2. The molecule has 38 heavy (non-hydrogen) atoms. The minimum absolute atomic E-state index is 0.0735. The molecular weight excluding hydrogens is 503 g/mol. The highest BCUT2D eigenvalue weighted by Gasteiger charge is 2.48. The number of carbonyl (C=O) groups is 1. The molecule has 3 N–H and O–H groups in total. The molecule has 0 atom stereocenters. The Labute approximate surface area is 228 Å². The SMILES string of the molecule is O=C(Nc1ccc(OCF)c(N2CCC3(CC3)C2)c1)c1ccc(SNCCO)cc1N1CCC2(CC1)CC2. The third kappa shape index (κ3) is 5.46. The largest absolute Gasteiger partial charge is 0.461 e. The zero-order valence-corrected chi connectivity index (χ0v) is 22.6. The monoisotopic (exact) mass is 540 g/mol. The maximum atomic E-state index is 13.6. The van der Waals surface area contributed by atoms with Crippen LogP contribution in [0.3, 0.4) is 0 Å². The van der Waals surface area contributed by atoms with E-state index in [1.807, 2.05) is 18.2 Å². The highest BCUT2D eigenvalue weighted by atomic mass is 32.2. The molecule has 6 rings (SSSR count). The van der Waals surface area contributed by atoms with Crippen LogP contribution in [0.15, 0.2) is 41.3 Å². The van der Waals surface area contributed by atoms with E-state index in [1.54, 1.807) is 12.1 Å². The van der Waals surface area contributed by atoms with Crippen molar-refractivity contribution in [3.05, 3.63) is 42.0 Å². The van der Waals surface area contributed by atoms with Crippen molar-refractivity contribution in [1.29, 1.82) is 0 Å². The van der Waals surface area contributed by atoms with Gasteiger partial charge in [0, 0.05) is 43.3 Å². The van der Waals surface area contributed by atoms with Crippen LogP contribution in [-0.2, 0) is 0 Å². The zero-order chi connectivity index (χ0) is 26.2. The lowest BCUT2D eigenvalue weighted by Gasteiger charge is -2.35. The Morgan fingerprint density at radius 1 is 0.947 bits per heavy atom. The first-order chi connectivity index (χ1) is 18.5. The van der Waals surface area contributed by atoms with Crippen LogP contribution in [0.4, 0.5) is 21.5 Å². The van der Waals surface area contributed by atoms with E-state index >= 15 is 0 Å². The molecule has 2 aromatic rings. The summed E-state index contributed by atoms with van der Waals surface area (Å²) in [6, 6.07) is 11.4. The Morgan fingerprint density at radius 3 is 2.37 bits per heavy atom. The number of hydrogen-bond donors (Lipinski definition) is 3. The van der Waals surface area contributed by atoms with Crippen LogP contribution in [0.2, 0.25) is 0 Å². The van der Waals surface area contributed by atoms with Crippen molar-refractivity contribution in [3.8, 4) is 5.75 Å². The molecule has 0 unspecified atom stereocenters. The molecule has 204 valence electrons. The van der Waals surface area contributed by atoms with Crippen LogP contribution in [-0.4, -0.2) is 57.2 Å². The van der Waals surface area contributed by atoms with E-state index in [9.17, 15) is 9.18 Å². The number of nitrogens with one attached hydrogen (secondary N) is 2. The third-order valence-electron chi connectivity index (χ3n) is 8.90. The predicted molar refractivity (Wildman–Crippen MR) is 150 cm³/mol. The van der Waals surface area contributed by atoms with Crippen LogP contribution in [0.5, 0.6) is 5.75 Å². The van der Waals surface area contributed by atoms with Crippen molar-refractivity contribution in [1.82, 2.24) is 4.72 Å². The lowest BCUT2D eigenvalue weighted by Crippen LogP contribution is -2.35. The Balaban J connectivity index is 1.23. The molecule has 1 amide bonds. The Morgan fingerprint density at radius 2 is 1.68 bits per heavy atom. The summed E-state index contributed by atoms with van der Waals surface area (Å²) in [6.45, 7) is 3.47. The van der Waals surface area contributed by atoms with Gasteiger partial charge in [-0.25, -0.2) is 4.39 Å². The lowest BCUT2D eigenvalue weighted by molar-refractivity contribution is 0.102. The number of aliphatic hydroxyl groups is 1. The van der Waals surface area contributed by atoms with Gasteiger partial charge in [0.05, 0.1) is 23.5 Å². The van der Waals surface area contributed by atoms with Gasteiger partial charge in [-0.3, -0.25) is 9.52 Å². The van der Waals surface area contributed by atoms with Gasteiger partial charge in [-0.15, -0.1) is 0 Å². The predicted octanol–water partition coefficient (Wildman–Crippen LogP) is 5.20. The fraction of sp³-hybridized carbons (Fsp3) is 0.552. The maximum Gasteiger partial charge on any atom is 0.257 e. The molecule has 0 radical (unpaired) electrons. The van der Waals surface area contributed by atoms with Gasteiger partial charge in [-0.1, -0.05) is 0 Å². The summed E-state index contributed by atoms with van der Waals surface area (Å²) in [5.74, 6) is 0.361. The normalized spacial score (nSPS) is 20.7. The lowest BCUT2D eigenvalue weighted by atomic mass is 9.93. The quantitative estimate of drug-likeness (QED) is 0.282. The number of amides is 1. The standard InChI is InChI=1S/C29H37FN4O3S/c30-20-37-26-4-1-21(17-25(26)34-15-11-29(19-34)7-8-29)32-27(36)23-3-2-22(38-31-12-16-35)18-24(23)33-13-9-28(5-6-28)10-14-33/h1-4,17-18,31,35H,5-16,19-20H2,(H,32,36). The maximum absolute atomic E-state index is 13.6. The van der Waals surface area contributed by atoms with Crippen LogP contribution in [0, 0.1) is 10.8 Å². The summed E-state index contributed by atoms with van der Waals surface area (Å²) >= 11 is 1.47. The second-order valence-corrected chi connectivity index (χ2v) is 12.4. The van der Waals surface area contributed by atoms with Crippen LogP contribution in [0.25, 0.3) is 0 Å². The first-order valence-corrected chi connectivity index (χ1v) is 14.6. The topological polar surface area (TPSA) is 77.1 Å². The minimum Gasteiger partial charge on any atom is -0.461 e. The number of carbonyl (C=O) groups excluding carboxylic acids is 1. The van der Waals surface area contributed by atoms with Crippen molar-refractivity contribution in [2.45, 2.75) is 49.8 Å². The Hall–Kier alpha value is -2.49. The molecule has 2 saturated carbocycles. The average Bonchev–Trinajstić information content (AvgIpc) is 3.83. The van der Waals surface area contributed by atoms with E-state index in [-0.39, 0.29) is 12.5 Å². The average molecular weight is 541 g/mol. The highest BCUT2D eigenvalue weighted by molar-refractivity contribution is 7.97. The van der Waals surface area contributed by atoms with E-state index in [0.29, 0.717) is 34.4 Å². The number of piperidine rings is 1. The molecule has 2 spiro atoms. The van der Waals surface area contributed by atoms with Crippen LogP contribution >= 0.6 is 11.9 Å². The molecule has 0 aromatic heterocycles. The second-order valence-electron chi connectivity index (χ2n) is 11.4. The van der Waals surface area contributed by atoms with E-state index in [2.05, 4.69) is 25.9 Å². The minimum atomic E-state index is -0.879. The highest BCUT2D eigenvalue weighted by Crippen LogP contribution is 2.55. The molecule has 4 aliphatic rings. The molecule has 4 fully saturated rings. The number of anilines is 3. The molecule has 2 aliphatic carbocycles. The summed E-state index contributed by atoms with van der Waals surface area (Å²) < 4.78 is 21.6. The van der Waals surface area contributed by atoms with E-state index in [1.165, 1.54) is 50.5 Å². The molecular formula is C29H37FN4O3S. The number of ether oxygens (including phenoxy) is 1. The van der Waals surface area contributed by atoms with Gasteiger partial charge >= 0.3 is 0 Å². The van der Waals surface area contributed by atoms with Crippen LogP contribution < -0.4 is 24.6 Å². The third-order valence-corrected chi connectivity index (χ3v) is 9.74. The van der Waals surface area contributed by atoms with Crippen molar-refractivity contribution < 1.29 is 19.0 Å². The molecule has 9 heteroatoms. The fourth-order valence-electron chi connectivity index (χ4n) is 6.05. The molecule has 2 saturated heterocycles. The molecule has 7 nitrogen and oxygen atoms in total. The van der Waals surface area contributed by atoms with Crippen molar-refractivity contribution in [3.63, 3.8) is 0 Å². The summed E-state index contributed by atoms with van der Waals surface area (Å²) in [6.07, 6.45) is 8.66. The Bertz CT molecular complexity index is 1180. The van der Waals surface area contributed by atoms with Gasteiger partial charge in [-0.2, -0.15) is 0 Å². The summed E-state index contributed by atoms with van der Waals surface area (Å²) in [5, 5.41) is 12.2. The van der Waals surface area contributed by atoms with E-state index in [0.717, 1.165) is 48.9 Å². The van der Waals surface area contributed by atoms with Crippen molar-refractivity contribution in [2.24, 2.45) is 10.8 Å². The molecule has 2 aliphatic heterocycles. The fourth-order valence-corrected chi connectivity index (χ4v) is 6.72. The number of aliphatic hydroxyl groups excluding tert-OH is 1. The first kappa shape index (κ1) is 25.8. The van der Waals surface area contributed by atoms with Crippen LogP contribution in [0.1, 0.15) is 55.3 Å². The van der Waals surface area contributed by atoms with Gasteiger partial charge in [0.1, 0.15) is 5.75 Å². The second kappa shape index (κ2) is 10.6. The smallest absolute Gasteiger partial charge is 0.257 e. The summed E-state index contributed by atoms with van der Waals surface area (Å²) in [7, 11) is 0. The summed E-state index contributed by atoms with van der Waals surface area (Å²) in [5.41, 5.74) is 4.08. The number of nitrogens with zero attached hydrogens (tertiary/aromatic N) is 2. The van der Waals surface area contributed by atoms with Crippen molar-refractivity contribution in [2.75, 3.05) is 61.3 Å². The summed E-state index contributed by atoms with van der Waals surface area (Å²) in [4.78, 5) is 19.3. The van der Waals surface area contributed by atoms with Gasteiger partial charge in [0.2, 0.25) is 6.86 Å². The number of alkyl halides is 1. The number of hydrogen-bond acceptors (Lipinski definition) is 7. The van der Waals surface area contributed by atoms with Gasteiger partial charge in [-0.05, 0) is 104 Å². The van der Waals surface area contributed by atoms with E-state index in [4.69, 9.17) is 9.84 Å². The number of halogens is 1. The molecule has 2 heterocycles. The number of rotatable bonds is 10. The van der Waals surface area contributed by atoms with E-state index < -0.39 is 6.86 Å². The van der Waals surface area contributed by atoms with Gasteiger partial charge < -0.3 is 25.0 Å².